The normalized spacial score (nSPS) is 12.8. The van der Waals surface area contributed by atoms with E-state index in [9.17, 15) is 22.2 Å². The largest absolute Gasteiger partial charge is 0.481 e. The number of carboxylic acids is 1. The zero-order valence-electron chi connectivity index (χ0n) is 12.5. The number of hydrogen-bond donors (Lipinski definition) is 1. The van der Waals surface area contributed by atoms with Gasteiger partial charge in [0.15, 0.2) is 0 Å². The smallest absolute Gasteiger partial charge is 0.417 e. The van der Waals surface area contributed by atoms with Crippen LogP contribution in [0.1, 0.15) is 18.4 Å². The minimum Gasteiger partial charge on any atom is -0.481 e. The van der Waals surface area contributed by atoms with Gasteiger partial charge in [0, 0.05) is 17.1 Å². The number of alkyl halides is 3. The maximum Gasteiger partial charge on any atom is 0.417 e. The van der Waals surface area contributed by atoms with Crippen molar-refractivity contribution in [1.29, 1.82) is 0 Å². The van der Waals surface area contributed by atoms with Crippen LogP contribution in [0.15, 0.2) is 53.4 Å². The van der Waals surface area contributed by atoms with Gasteiger partial charge in [0.2, 0.25) is 0 Å². The molecule has 0 heterocycles. The maximum absolute atomic E-state index is 13.0. The molecule has 1 atom stereocenters. The van der Waals surface area contributed by atoms with E-state index in [1.54, 1.807) is 0 Å². The Morgan fingerprint density at radius 2 is 1.67 bits per heavy atom. The van der Waals surface area contributed by atoms with Crippen LogP contribution in [0.3, 0.4) is 0 Å². The Morgan fingerprint density at radius 1 is 1.04 bits per heavy atom. The maximum atomic E-state index is 13.0. The van der Waals surface area contributed by atoms with Crippen LogP contribution < -0.4 is 0 Å². The fourth-order valence-corrected chi connectivity index (χ4v) is 3.32. The average Bonchev–Trinajstić information content (AvgIpc) is 2.54. The molecule has 0 aromatic heterocycles. The lowest BCUT2D eigenvalue weighted by Gasteiger charge is -2.13. The molecular weight excluding hydrogens is 341 g/mol. The van der Waals surface area contributed by atoms with E-state index in [0.717, 1.165) is 6.07 Å². The van der Waals surface area contributed by atoms with Crippen LogP contribution in [0.5, 0.6) is 0 Å². The topological polar surface area (TPSA) is 54.4 Å². The summed E-state index contributed by atoms with van der Waals surface area (Å²) in [6.45, 7) is 0. The summed E-state index contributed by atoms with van der Waals surface area (Å²) >= 11 is 0. The Hall–Kier alpha value is -2.15. The van der Waals surface area contributed by atoms with E-state index in [0.29, 0.717) is 10.5 Å². The van der Waals surface area contributed by atoms with Crippen molar-refractivity contribution in [3.05, 3.63) is 54.1 Å². The highest BCUT2D eigenvalue weighted by Gasteiger charge is 2.33. The van der Waals surface area contributed by atoms with Gasteiger partial charge in [-0.2, -0.15) is 13.2 Å². The molecule has 0 radical (unpaired) electrons. The quantitative estimate of drug-likeness (QED) is 0.837. The summed E-state index contributed by atoms with van der Waals surface area (Å²) in [5, 5.41) is 8.56. The first-order valence-corrected chi connectivity index (χ1v) is 8.48. The van der Waals surface area contributed by atoms with Gasteiger partial charge in [-0.1, -0.05) is 30.3 Å². The van der Waals surface area contributed by atoms with E-state index in [-0.39, 0.29) is 24.2 Å². The van der Waals surface area contributed by atoms with Crippen molar-refractivity contribution in [2.75, 3.05) is 5.75 Å². The Bertz CT molecular complexity index is 739. The third-order valence-corrected chi connectivity index (χ3v) is 4.84. The van der Waals surface area contributed by atoms with Crippen molar-refractivity contribution in [2.45, 2.75) is 23.9 Å². The lowest BCUT2D eigenvalue weighted by molar-refractivity contribution is -0.138. The molecule has 2 aromatic rings. The van der Waals surface area contributed by atoms with Crippen LogP contribution in [0.25, 0.3) is 11.1 Å². The predicted molar refractivity (Wildman–Crippen MR) is 85.0 cm³/mol. The summed E-state index contributed by atoms with van der Waals surface area (Å²) in [7, 11) is -1.37. The average molecular weight is 356 g/mol. The highest BCUT2D eigenvalue weighted by atomic mass is 32.2. The molecule has 0 saturated heterocycles. The van der Waals surface area contributed by atoms with E-state index in [1.165, 1.54) is 42.5 Å². The van der Waals surface area contributed by atoms with Gasteiger partial charge in [-0.15, -0.1) is 0 Å². The van der Waals surface area contributed by atoms with Crippen LogP contribution >= 0.6 is 0 Å². The van der Waals surface area contributed by atoms with Gasteiger partial charge in [-0.25, -0.2) is 0 Å². The van der Waals surface area contributed by atoms with E-state index >= 15 is 0 Å². The molecular formula is C17H15F3O3S. The molecule has 0 bridgehead atoms. The van der Waals surface area contributed by atoms with Crippen molar-refractivity contribution >= 4 is 16.8 Å². The van der Waals surface area contributed by atoms with Crippen LogP contribution in [0.2, 0.25) is 0 Å². The van der Waals surface area contributed by atoms with Crippen molar-refractivity contribution < 1.29 is 27.3 Å². The predicted octanol–water partition coefficient (Wildman–Crippen LogP) is 4.34. The molecule has 0 saturated carbocycles. The summed E-state index contributed by atoms with van der Waals surface area (Å²) in [6.07, 6.45) is -4.24. The second-order valence-electron chi connectivity index (χ2n) is 5.11. The highest BCUT2D eigenvalue weighted by molar-refractivity contribution is 7.85. The Morgan fingerprint density at radius 3 is 2.25 bits per heavy atom. The molecule has 2 aromatic carbocycles. The van der Waals surface area contributed by atoms with Gasteiger partial charge in [0.25, 0.3) is 0 Å². The molecule has 0 amide bonds. The first-order chi connectivity index (χ1) is 11.3. The summed E-state index contributed by atoms with van der Waals surface area (Å²) in [4.78, 5) is 10.9. The van der Waals surface area contributed by atoms with Gasteiger partial charge < -0.3 is 5.11 Å². The van der Waals surface area contributed by atoms with Gasteiger partial charge in [-0.05, 0) is 35.7 Å². The molecule has 0 aliphatic carbocycles. The minimum atomic E-state index is -4.45. The molecule has 1 unspecified atom stereocenters. The molecule has 1 N–H and O–H groups in total. The third kappa shape index (κ3) is 4.67. The second-order valence-corrected chi connectivity index (χ2v) is 6.69. The minimum absolute atomic E-state index is 0.0632. The molecule has 24 heavy (non-hydrogen) atoms. The van der Waals surface area contributed by atoms with Gasteiger partial charge >= 0.3 is 12.1 Å². The molecule has 0 aliphatic rings. The van der Waals surface area contributed by atoms with Crippen LogP contribution in [0, 0.1) is 0 Å². The number of benzene rings is 2. The number of aliphatic carboxylic acids is 1. The zero-order valence-corrected chi connectivity index (χ0v) is 13.4. The molecule has 0 aliphatic heterocycles. The molecule has 3 nitrogen and oxygen atoms in total. The Kier molecular flexibility index (Phi) is 5.77. The second kappa shape index (κ2) is 7.61. The van der Waals surface area contributed by atoms with Gasteiger partial charge in [0.1, 0.15) is 0 Å². The first kappa shape index (κ1) is 18.2. The molecule has 0 fully saturated rings. The number of carbonyl (C=O) groups is 1. The number of hydrogen-bond acceptors (Lipinski definition) is 2. The monoisotopic (exact) mass is 356 g/mol. The lowest BCUT2D eigenvalue weighted by Crippen LogP contribution is -2.07. The van der Waals surface area contributed by atoms with Crippen LogP contribution in [-0.2, 0) is 21.8 Å². The van der Waals surface area contributed by atoms with Crippen LogP contribution in [-0.4, -0.2) is 21.0 Å². The Labute approximate surface area is 139 Å². The summed E-state index contributed by atoms with van der Waals surface area (Å²) in [5.41, 5.74) is -0.275. The Balaban J connectivity index is 2.19. The number of rotatable bonds is 6. The standard InChI is InChI=1S/C17H15F3O3S/c18-17(19,20)15-5-2-1-4-14(15)12-7-9-13(10-8-12)24(23)11-3-6-16(21)22/h1-2,4-5,7-10H,3,6,11H2,(H,21,22). The summed E-state index contributed by atoms with van der Waals surface area (Å²) in [5.74, 6) is -0.753. The molecule has 0 spiro atoms. The summed E-state index contributed by atoms with van der Waals surface area (Å²) < 4.78 is 51.2. The molecule has 128 valence electrons. The van der Waals surface area contributed by atoms with Crippen molar-refractivity contribution in [1.82, 2.24) is 0 Å². The molecule has 2 rings (SSSR count). The SMILES string of the molecule is O=C(O)CCCS(=O)c1ccc(-c2ccccc2C(F)(F)F)cc1. The zero-order chi connectivity index (χ0) is 17.7. The van der Waals surface area contributed by atoms with Crippen LogP contribution in [0.4, 0.5) is 13.2 Å². The van der Waals surface area contributed by atoms with Crippen molar-refractivity contribution in [2.24, 2.45) is 0 Å². The van der Waals surface area contributed by atoms with Gasteiger partial charge in [0.05, 0.1) is 16.4 Å². The highest BCUT2D eigenvalue weighted by Crippen LogP contribution is 2.37. The molecule has 7 heteroatoms. The number of halogens is 3. The lowest BCUT2D eigenvalue weighted by atomic mass is 9.99. The first-order valence-electron chi connectivity index (χ1n) is 7.16. The van der Waals surface area contributed by atoms with E-state index in [1.807, 2.05) is 0 Å². The van der Waals surface area contributed by atoms with E-state index in [2.05, 4.69) is 0 Å². The summed E-state index contributed by atoms with van der Waals surface area (Å²) in [6, 6.07) is 11.3. The van der Waals surface area contributed by atoms with Gasteiger partial charge in [-0.3, -0.25) is 9.00 Å². The fourth-order valence-electron chi connectivity index (χ4n) is 2.24. The third-order valence-electron chi connectivity index (χ3n) is 3.38. The number of carboxylic acid groups (broad SMARTS) is 1. The van der Waals surface area contributed by atoms with E-state index < -0.39 is 28.5 Å². The van der Waals surface area contributed by atoms with E-state index in [4.69, 9.17) is 5.11 Å². The van der Waals surface area contributed by atoms with Crippen molar-refractivity contribution in [3.8, 4) is 11.1 Å². The van der Waals surface area contributed by atoms with Crippen molar-refractivity contribution in [3.63, 3.8) is 0 Å². The fraction of sp³-hybridized carbons (Fsp3) is 0.235.